The number of carbonyl (C=O) groups excluding carboxylic acids is 1. The van der Waals surface area contributed by atoms with Gasteiger partial charge in [-0.15, -0.1) is 0 Å². The fourth-order valence-corrected chi connectivity index (χ4v) is 2.06. The van der Waals surface area contributed by atoms with Crippen LogP contribution in [-0.4, -0.2) is 11.6 Å². The van der Waals surface area contributed by atoms with Crippen molar-refractivity contribution in [3.8, 4) is 0 Å². The van der Waals surface area contributed by atoms with Gasteiger partial charge in [-0.1, -0.05) is 24.3 Å². The number of halogens is 2. The second-order valence-electron chi connectivity index (χ2n) is 4.12. The van der Waals surface area contributed by atoms with E-state index in [1.807, 2.05) is 6.07 Å². The molecule has 2 aromatic rings. The van der Waals surface area contributed by atoms with Gasteiger partial charge < -0.3 is 0 Å². The van der Waals surface area contributed by atoms with E-state index >= 15 is 0 Å². The number of carbonyl (C=O) groups is 1. The van der Waals surface area contributed by atoms with Gasteiger partial charge in [0.05, 0.1) is 11.3 Å². The molecule has 0 aliphatic heterocycles. The van der Waals surface area contributed by atoms with Crippen LogP contribution in [0.1, 0.15) is 22.8 Å². The van der Waals surface area contributed by atoms with E-state index in [9.17, 15) is 9.18 Å². The van der Waals surface area contributed by atoms with Gasteiger partial charge in [0.2, 0.25) is 0 Å². The molecule has 0 fully saturated rings. The Labute approximate surface area is 124 Å². The number of amides is 1. The number of nitrogens with one attached hydrogen (secondary N) is 1. The maximum Gasteiger partial charge on any atom is 0.272 e. The summed E-state index contributed by atoms with van der Waals surface area (Å²) in [6.45, 7) is 1.74. The Kier molecular flexibility index (Phi) is 4.63. The number of benzene rings is 2. The van der Waals surface area contributed by atoms with E-state index < -0.39 is 0 Å². The smallest absolute Gasteiger partial charge is 0.267 e. The third kappa shape index (κ3) is 3.51. The van der Waals surface area contributed by atoms with Crippen LogP contribution in [-0.2, 0) is 0 Å². The summed E-state index contributed by atoms with van der Waals surface area (Å²) in [5.74, 6) is -0.613. The van der Waals surface area contributed by atoms with Crippen molar-refractivity contribution in [3.05, 3.63) is 69.9 Å². The molecule has 0 bridgehead atoms. The number of hydrogen-bond acceptors (Lipinski definition) is 2. The standard InChI is InChI=1S/C15H12BrFN2O/c1-10(11-6-8-12(17)9-7-11)18-19-15(20)13-4-2-3-5-14(13)16/h2-9H,1H3,(H,19,20)/b18-10+. The fourth-order valence-electron chi connectivity index (χ4n) is 1.60. The lowest BCUT2D eigenvalue weighted by atomic mass is 10.1. The third-order valence-electron chi connectivity index (χ3n) is 2.71. The molecule has 0 aliphatic carbocycles. The van der Waals surface area contributed by atoms with E-state index in [-0.39, 0.29) is 11.7 Å². The van der Waals surface area contributed by atoms with Crippen LogP contribution in [0, 0.1) is 5.82 Å². The average Bonchev–Trinajstić information content (AvgIpc) is 2.45. The van der Waals surface area contributed by atoms with Crippen molar-refractivity contribution in [3.63, 3.8) is 0 Å². The molecular weight excluding hydrogens is 323 g/mol. The Morgan fingerprint density at radius 2 is 1.80 bits per heavy atom. The molecule has 0 atom stereocenters. The van der Waals surface area contributed by atoms with Crippen LogP contribution in [0.2, 0.25) is 0 Å². The Morgan fingerprint density at radius 3 is 2.45 bits per heavy atom. The molecule has 2 aromatic carbocycles. The van der Waals surface area contributed by atoms with Crippen LogP contribution in [0.5, 0.6) is 0 Å². The summed E-state index contributed by atoms with van der Waals surface area (Å²) in [4.78, 5) is 11.9. The van der Waals surface area contributed by atoms with Gasteiger partial charge in [0, 0.05) is 4.47 Å². The molecule has 3 nitrogen and oxygen atoms in total. The molecule has 1 N–H and O–H groups in total. The molecule has 0 aromatic heterocycles. The monoisotopic (exact) mass is 334 g/mol. The van der Waals surface area contributed by atoms with Crippen LogP contribution < -0.4 is 5.43 Å². The topological polar surface area (TPSA) is 41.5 Å². The molecule has 0 unspecified atom stereocenters. The number of nitrogens with zero attached hydrogens (tertiary/aromatic N) is 1. The summed E-state index contributed by atoms with van der Waals surface area (Å²) < 4.78 is 13.5. The van der Waals surface area contributed by atoms with E-state index in [2.05, 4.69) is 26.5 Å². The summed E-state index contributed by atoms with van der Waals surface area (Å²) >= 11 is 3.31. The van der Waals surface area contributed by atoms with Gasteiger partial charge in [0.15, 0.2) is 0 Å². The Bertz CT molecular complexity index is 653. The van der Waals surface area contributed by atoms with E-state index in [0.717, 1.165) is 5.56 Å². The molecule has 2 rings (SSSR count). The summed E-state index contributed by atoms with van der Waals surface area (Å²) in [7, 11) is 0. The maximum absolute atomic E-state index is 12.8. The largest absolute Gasteiger partial charge is 0.272 e. The Morgan fingerprint density at radius 1 is 1.15 bits per heavy atom. The molecule has 0 aliphatic rings. The van der Waals surface area contributed by atoms with Crippen LogP contribution >= 0.6 is 15.9 Å². The van der Waals surface area contributed by atoms with E-state index in [0.29, 0.717) is 15.7 Å². The highest BCUT2D eigenvalue weighted by Gasteiger charge is 2.08. The summed E-state index contributed by atoms with van der Waals surface area (Å²) in [6.07, 6.45) is 0. The van der Waals surface area contributed by atoms with Crippen molar-refractivity contribution >= 4 is 27.5 Å². The second kappa shape index (κ2) is 6.43. The molecule has 0 saturated heterocycles. The highest BCUT2D eigenvalue weighted by atomic mass is 79.9. The first kappa shape index (κ1) is 14.4. The number of hydrogen-bond donors (Lipinski definition) is 1. The first-order chi connectivity index (χ1) is 9.58. The SMILES string of the molecule is C/C(=N\NC(=O)c1ccccc1Br)c1ccc(F)cc1. The zero-order valence-corrected chi connectivity index (χ0v) is 12.3. The first-order valence-electron chi connectivity index (χ1n) is 5.93. The van der Waals surface area contributed by atoms with Gasteiger partial charge in [0.25, 0.3) is 5.91 Å². The molecule has 5 heteroatoms. The Balaban J connectivity index is 2.11. The summed E-state index contributed by atoms with van der Waals surface area (Å²) in [5.41, 5.74) is 4.33. The van der Waals surface area contributed by atoms with E-state index in [1.54, 1.807) is 37.3 Å². The minimum absolute atomic E-state index is 0.307. The lowest BCUT2D eigenvalue weighted by Gasteiger charge is -2.04. The van der Waals surface area contributed by atoms with Crippen LogP contribution in [0.3, 0.4) is 0 Å². The lowest BCUT2D eigenvalue weighted by molar-refractivity contribution is 0.0954. The molecule has 0 radical (unpaired) electrons. The van der Waals surface area contributed by atoms with Gasteiger partial charge in [-0.05, 0) is 52.7 Å². The van der Waals surface area contributed by atoms with E-state index in [1.165, 1.54) is 12.1 Å². The Hall–Kier alpha value is -2.01. The van der Waals surface area contributed by atoms with Crippen molar-refractivity contribution < 1.29 is 9.18 Å². The first-order valence-corrected chi connectivity index (χ1v) is 6.72. The van der Waals surface area contributed by atoms with Crippen molar-refractivity contribution in [2.45, 2.75) is 6.92 Å². The van der Waals surface area contributed by atoms with Crippen LogP contribution in [0.4, 0.5) is 4.39 Å². The predicted molar refractivity (Wildman–Crippen MR) is 80.2 cm³/mol. The zero-order chi connectivity index (χ0) is 14.5. The van der Waals surface area contributed by atoms with Crippen LogP contribution in [0.25, 0.3) is 0 Å². The van der Waals surface area contributed by atoms with Crippen LogP contribution in [0.15, 0.2) is 58.1 Å². The second-order valence-corrected chi connectivity index (χ2v) is 4.98. The minimum Gasteiger partial charge on any atom is -0.267 e. The highest BCUT2D eigenvalue weighted by molar-refractivity contribution is 9.10. The molecule has 0 spiro atoms. The van der Waals surface area contributed by atoms with Gasteiger partial charge in [0.1, 0.15) is 5.82 Å². The average molecular weight is 335 g/mol. The van der Waals surface area contributed by atoms with Crippen molar-refractivity contribution in [1.29, 1.82) is 0 Å². The van der Waals surface area contributed by atoms with Crippen molar-refractivity contribution in [2.75, 3.05) is 0 Å². The highest BCUT2D eigenvalue weighted by Crippen LogP contribution is 2.15. The summed E-state index contributed by atoms with van der Waals surface area (Å²) in [6, 6.07) is 13.0. The van der Waals surface area contributed by atoms with E-state index in [4.69, 9.17) is 0 Å². The fraction of sp³-hybridized carbons (Fsp3) is 0.0667. The molecule has 0 heterocycles. The lowest BCUT2D eigenvalue weighted by Crippen LogP contribution is -2.19. The van der Waals surface area contributed by atoms with Crippen molar-refractivity contribution in [2.24, 2.45) is 5.10 Å². The third-order valence-corrected chi connectivity index (χ3v) is 3.40. The number of hydrazone groups is 1. The molecule has 102 valence electrons. The van der Waals surface area contributed by atoms with Gasteiger partial charge >= 0.3 is 0 Å². The minimum atomic E-state index is -0.307. The van der Waals surface area contributed by atoms with Gasteiger partial charge in [-0.25, -0.2) is 9.82 Å². The molecule has 20 heavy (non-hydrogen) atoms. The number of rotatable bonds is 3. The zero-order valence-electron chi connectivity index (χ0n) is 10.7. The van der Waals surface area contributed by atoms with Gasteiger partial charge in [-0.2, -0.15) is 5.10 Å². The predicted octanol–water partition coefficient (Wildman–Crippen LogP) is 3.74. The normalized spacial score (nSPS) is 11.2. The molecule has 0 saturated carbocycles. The molecule has 1 amide bonds. The quantitative estimate of drug-likeness (QED) is 0.674. The summed E-state index contributed by atoms with van der Waals surface area (Å²) in [5, 5.41) is 4.02. The maximum atomic E-state index is 12.8. The van der Waals surface area contributed by atoms with Crippen molar-refractivity contribution in [1.82, 2.24) is 5.43 Å². The molecular formula is C15H12BrFN2O. The van der Waals surface area contributed by atoms with Gasteiger partial charge in [-0.3, -0.25) is 4.79 Å².